The van der Waals surface area contributed by atoms with E-state index < -0.39 is 11.9 Å². The van der Waals surface area contributed by atoms with Crippen LogP contribution < -0.4 is 9.47 Å². The van der Waals surface area contributed by atoms with Crippen LogP contribution >= 0.6 is 0 Å². The summed E-state index contributed by atoms with van der Waals surface area (Å²) in [5.74, 6) is -0.0457. The number of rotatable bonds is 2. The highest BCUT2D eigenvalue weighted by molar-refractivity contribution is 6.14. The first-order valence-corrected chi connectivity index (χ1v) is 7.17. The minimum Gasteiger partial charge on any atom is -0.452 e. The number of fused-ring (bicyclic) bond motifs is 1. The van der Waals surface area contributed by atoms with Gasteiger partial charge in [0.1, 0.15) is 17.3 Å². The highest BCUT2D eigenvalue weighted by Gasteiger charge is 2.28. The van der Waals surface area contributed by atoms with Crippen molar-refractivity contribution >= 4 is 18.0 Å². The number of nitrogens with zero attached hydrogens (tertiary/aromatic N) is 1. The van der Waals surface area contributed by atoms with Crippen LogP contribution in [0, 0.1) is 5.82 Å². The second-order valence-corrected chi connectivity index (χ2v) is 5.42. The van der Waals surface area contributed by atoms with Crippen molar-refractivity contribution in [1.29, 1.82) is 0 Å². The average Bonchev–Trinajstić information content (AvgIpc) is 2.83. The number of carbonyl (C=O) groups excluding carboxylic acids is 2. The number of halogens is 1. The van der Waals surface area contributed by atoms with Gasteiger partial charge in [-0.05, 0) is 35.9 Å². The minimum absolute atomic E-state index is 0.0895. The van der Waals surface area contributed by atoms with Crippen LogP contribution in [0.15, 0.2) is 48.2 Å². The number of Topliss-reactive ketones (excluding diaryl/α,β-unsaturated/α-hetero) is 1. The van der Waals surface area contributed by atoms with Gasteiger partial charge in [-0.2, -0.15) is 0 Å². The van der Waals surface area contributed by atoms with Crippen molar-refractivity contribution in [1.82, 2.24) is 4.90 Å². The highest BCUT2D eigenvalue weighted by Crippen LogP contribution is 2.35. The monoisotopic (exact) mass is 327 g/mol. The lowest BCUT2D eigenvalue weighted by Gasteiger charge is -2.10. The number of benzene rings is 2. The summed E-state index contributed by atoms with van der Waals surface area (Å²) in [6, 6.07) is 10.4. The highest BCUT2D eigenvalue weighted by atomic mass is 19.1. The molecule has 0 spiro atoms. The van der Waals surface area contributed by atoms with Crippen LogP contribution in [0.3, 0.4) is 0 Å². The Morgan fingerprint density at radius 2 is 2.00 bits per heavy atom. The molecule has 5 nitrogen and oxygen atoms in total. The molecule has 6 heteroatoms. The van der Waals surface area contributed by atoms with Crippen molar-refractivity contribution in [2.24, 2.45) is 0 Å². The molecule has 0 fully saturated rings. The third-order valence-corrected chi connectivity index (χ3v) is 3.36. The molecule has 0 saturated heterocycles. The predicted octanol–water partition coefficient (Wildman–Crippen LogP) is 3.50. The number of ketones is 1. The Balaban J connectivity index is 1.86. The van der Waals surface area contributed by atoms with Crippen LogP contribution in [0.4, 0.5) is 9.18 Å². The molecule has 2 aromatic rings. The van der Waals surface area contributed by atoms with Crippen LogP contribution in [-0.4, -0.2) is 30.9 Å². The first-order valence-electron chi connectivity index (χ1n) is 7.17. The Bertz CT molecular complexity index is 858. The first-order chi connectivity index (χ1) is 11.4. The van der Waals surface area contributed by atoms with Crippen LogP contribution in [-0.2, 0) is 0 Å². The zero-order valence-electron chi connectivity index (χ0n) is 13.1. The average molecular weight is 327 g/mol. The lowest BCUT2D eigenvalue weighted by molar-refractivity contribution is 0.101. The van der Waals surface area contributed by atoms with Crippen molar-refractivity contribution in [3.05, 3.63) is 65.2 Å². The smallest absolute Gasteiger partial charge is 0.414 e. The Morgan fingerprint density at radius 3 is 2.71 bits per heavy atom. The molecule has 0 aromatic heterocycles. The van der Waals surface area contributed by atoms with E-state index in [4.69, 9.17) is 9.47 Å². The van der Waals surface area contributed by atoms with E-state index in [2.05, 4.69) is 0 Å². The van der Waals surface area contributed by atoms with Gasteiger partial charge in [-0.15, -0.1) is 0 Å². The summed E-state index contributed by atoms with van der Waals surface area (Å²) < 4.78 is 23.9. The van der Waals surface area contributed by atoms with Gasteiger partial charge >= 0.3 is 6.09 Å². The summed E-state index contributed by atoms with van der Waals surface area (Å²) in [5, 5.41) is 0. The molecule has 0 aliphatic carbocycles. The van der Waals surface area contributed by atoms with Gasteiger partial charge in [0.25, 0.3) is 0 Å². The summed E-state index contributed by atoms with van der Waals surface area (Å²) in [4.78, 5) is 25.2. The number of allylic oxidation sites excluding steroid dienone is 1. The predicted molar refractivity (Wildman–Crippen MR) is 85.5 cm³/mol. The van der Waals surface area contributed by atoms with Crippen LogP contribution in [0.2, 0.25) is 0 Å². The molecule has 1 amide bonds. The van der Waals surface area contributed by atoms with Gasteiger partial charge in [0.15, 0.2) is 5.76 Å². The molecule has 3 rings (SSSR count). The zero-order chi connectivity index (χ0) is 17.3. The summed E-state index contributed by atoms with van der Waals surface area (Å²) in [6.07, 6.45) is 0.937. The second-order valence-electron chi connectivity index (χ2n) is 5.42. The fraction of sp³-hybridized carbons (Fsp3) is 0.111. The van der Waals surface area contributed by atoms with Crippen LogP contribution in [0.1, 0.15) is 15.9 Å². The lowest BCUT2D eigenvalue weighted by Crippen LogP contribution is -2.25. The van der Waals surface area contributed by atoms with Crippen molar-refractivity contribution < 1.29 is 23.5 Å². The number of amides is 1. The van der Waals surface area contributed by atoms with E-state index in [1.807, 2.05) is 0 Å². The van der Waals surface area contributed by atoms with E-state index in [9.17, 15) is 14.0 Å². The molecule has 0 bridgehead atoms. The molecular formula is C18H14FNO4. The topological polar surface area (TPSA) is 55.8 Å². The molecule has 1 aliphatic heterocycles. The van der Waals surface area contributed by atoms with E-state index in [-0.39, 0.29) is 17.3 Å². The molecule has 1 aliphatic rings. The fourth-order valence-electron chi connectivity index (χ4n) is 2.17. The quantitative estimate of drug-likeness (QED) is 0.792. The zero-order valence-corrected chi connectivity index (χ0v) is 13.1. The maximum absolute atomic E-state index is 13.2. The SMILES string of the molecule is CN(C)C(=O)Oc1ccc2c(c1)O/C(=C/c1cccc(F)c1)C2=O. The van der Waals surface area contributed by atoms with Crippen LogP contribution in [0.25, 0.3) is 6.08 Å². The van der Waals surface area contributed by atoms with Gasteiger partial charge in [-0.3, -0.25) is 4.79 Å². The Morgan fingerprint density at radius 1 is 1.21 bits per heavy atom. The molecule has 1 heterocycles. The van der Waals surface area contributed by atoms with Gasteiger partial charge in [0, 0.05) is 20.2 Å². The summed E-state index contributed by atoms with van der Waals surface area (Å²) in [7, 11) is 3.13. The number of carbonyl (C=O) groups is 2. The Kier molecular flexibility index (Phi) is 4.04. The summed E-state index contributed by atoms with van der Waals surface area (Å²) >= 11 is 0. The largest absolute Gasteiger partial charge is 0.452 e. The Hall–Kier alpha value is -3.15. The molecule has 0 radical (unpaired) electrons. The van der Waals surface area contributed by atoms with Gasteiger partial charge in [-0.25, -0.2) is 9.18 Å². The number of hydrogen-bond acceptors (Lipinski definition) is 4. The molecule has 0 atom stereocenters. The molecule has 2 aromatic carbocycles. The van der Waals surface area contributed by atoms with E-state index in [1.165, 1.54) is 41.3 Å². The molecule has 0 saturated carbocycles. The first kappa shape index (κ1) is 15.7. The van der Waals surface area contributed by atoms with E-state index in [0.29, 0.717) is 16.9 Å². The van der Waals surface area contributed by atoms with Crippen molar-refractivity contribution in [3.63, 3.8) is 0 Å². The standard InChI is InChI=1S/C18H14FNO4/c1-20(2)18(22)23-13-6-7-14-15(10-13)24-16(17(14)21)9-11-4-3-5-12(19)8-11/h3-10H,1-2H3/b16-9+. The summed E-state index contributed by atoms with van der Waals surface area (Å²) in [5.41, 5.74) is 0.882. The fourth-order valence-corrected chi connectivity index (χ4v) is 2.17. The lowest BCUT2D eigenvalue weighted by atomic mass is 10.1. The third kappa shape index (κ3) is 3.12. The maximum Gasteiger partial charge on any atom is 0.414 e. The van der Waals surface area contributed by atoms with E-state index in [0.717, 1.165) is 0 Å². The molecule has 24 heavy (non-hydrogen) atoms. The maximum atomic E-state index is 13.2. The normalized spacial score (nSPS) is 14.3. The molecule has 0 unspecified atom stereocenters. The van der Waals surface area contributed by atoms with Gasteiger partial charge in [0.05, 0.1) is 5.56 Å². The number of ether oxygens (including phenoxy) is 2. The van der Waals surface area contributed by atoms with E-state index in [1.54, 1.807) is 26.2 Å². The third-order valence-electron chi connectivity index (χ3n) is 3.36. The van der Waals surface area contributed by atoms with Gasteiger partial charge in [-0.1, -0.05) is 12.1 Å². The van der Waals surface area contributed by atoms with Crippen molar-refractivity contribution in [2.75, 3.05) is 14.1 Å². The van der Waals surface area contributed by atoms with E-state index >= 15 is 0 Å². The molecule has 122 valence electrons. The summed E-state index contributed by atoms with van der Waals surface area (Å²) in [6.45, 7) is 0. The van der Waals surface area contributed by atoms with Crippen LogP contribution in [0.5, 0.6) is 11.5 Å². The van der Waals surface area contributed by atoms with Gasteiger partial charge in [0.2, 0.25) is 5.78 Å². The second kappa shape index (κ2) is 6.16. The van der Waals surface area contributed by atoms with Gasteiger partial charge < -0.3 is 14.4 Å². The Labute approximate surface area is 137 Å². The van der Waals surface area contributed by atoms with Crippen molar-refractivity contribution in [3.8, 4) is 11.5 Å². The van der Waals surface area contributed by atoms with Crippen molar-refractivity contribution in [2.45, 2.75) is 0 Å². The molecular weight excluding hydrogens is 313 g/mol. The minimum atomic E-state index is -0.533. The molecule has 0 N–H and O–H groups in total. The number of hydrogen-bond donors (Lipinski definition) is 0.